The fourth-order valence-corrected chi connectivity index (χ4v) is 2.64. The van der Waals surface area contributed by atoms with Crippen molar-refractivity contribution in [2.45, 2.75) is 39.7 Å². The van der Waals surface area contributed by atoms with E-state index in [1.54, 1.807) is 0 Å². The summed E-state index contributed by atoms with van der Waals surface area (Å²) >= 11 is 0. The van der Waals surface area contributed by atoms with E-state index in [2.05, 4.69) is 55.5 Å². The monoisotopic (exact) mass is 271 g/mol. The molecule has 2 rings (SSSR count). The number of nitrogens with one attached hydrogen (secondary N) is 1. The van der Waals surface area contributed by atoms with Crippen molar-refractivity contribution in [1.82, 2.24) is 15.1 Å². The van der Waals surface area contributed by atoms with E-state index in [-0.39, 0.29) is 6.04 Å². The number of benzene rings is 1. The molecule has 0 radical (unpaired) electrons. The van der Waals surface area contributed by atoms with Crippen LogP contribution in [0.4, 0.5) is 0 Å². The molecule has 1 N–H and O–H groups in total. The Hall–Kier alpha value is -1.61. The molecule has 0 amide bonds. The van der Waals surface area contributed by atoms with Gasteiger partial charge in [-0.05, 0) is 44.9 Å². The third-order valence-corrected chi connectivity index (χ3v) is 3.45. The predicted molar refractivity (Wildman–Crippen MR) is 83.9 cm³/mol. The molecule has 1 aromatic heterocycles. The first-order valence-corrected chi connectivity index (χ1v) is 7.38. The van der Waals surface area contributed by atoms with Crippen molar-refractivity contribution < 1.29 is 0 Å². The van der Waals surface area contributed by atoms with E-state index in [0.717, 1.165) is 25.1 Å². The summed E-state index contributed by atoms with van der Waals surface area (Å²) in [5.74, 6) is 0. The van der Waals surface area contributed by atoms with E-state index in [4.69, 9.17) is 0 Å². The molecule has 1 unspecified atom stereocenters. The summed E-state index contributed by atoms with van der Waals surface area (Å²) < 4.78 is 1.87. The molecular formula is C17H25N3. The van der Waals surface area contributed by atoms with Gasteiger partial charge in [0.05, 0.1) is 11.7 Å². The minimum atomic E-state index is 0.289. The van der Waals surface area contributed by atoms with Gasteiger partial charge in [-0.25, -0.2) is 0 Å². The predicted octanol–water partition coefficient (Wildman–Crippen LogP) is 3.32. The number of aromatic nitrogens is 2. The zero-order valence-corrected chi connectivity index (χ0v) is 13.0. The molecule has 0 saturated carbocycles. The Morgan fingerprint density at radius 2 is 1.90 bits per heavy atom. The highest BCUT2D eigenvalue weighted by Crippen LogP contribution is 2.19. The van der Waals surface area contributed by atoms with Crippen molar-refractivity contribution in [3.05, 3.63) is 52.8 Å². The maximum Gasteiger partial charge on any atom is 0.0797 e. The second-order valence-corrected chi connectivity index (χ2v) is 5.62. The van der Waals surface area contributed by atoms with Gasteiger partial charge < -0.3 is 5.32 Å². The van der Waals surface area contributed by atoms with E-state index in [9.17, 15) is 0 Å². The van der Waals surface area contributed by atoms with E-state index >= 15 is 0 Å². The first-order valence-electron chi connectivity index (χ1n) is 7.38. The lowest BCUT2D eigenvalue weighted by Gasteiger charge is -2.17. The Labute approximate surface area is 122 Å². The van der Waals surface area contributed by atoms with Crippen LogP contribution in [0.15, 0.2) is 30.5 Å². The lowest BCUT2D eigenvalue weighted by atomic mass is 9.99. The zero-order valence-electron chi connectivity index (χ0n) is 13.0. The summed E-state index contributed by atoms with van der Waals surface area (Å²) in [6, 6.07) is 9.17. The van der Waals surface area contributed by atoms with E-state index < -0.39 is 0 Å². The van der Waals surface area contributed by atoms with E-state index in [1.807, 2.05) is 17.9 Å². The standard InChI is InChI=1S/C17H25N3/c1-5-7-18-17(16-6-8-20(4)19-16)12-15-10-13(2)9-14(3)11-15/h6,8-11,17-18H,5,7,12H2,1-4H3. The molecule has 0 saturated heterocycles. The number of hydrogen-bond acceptors (Lipinski definition) is 2. The van der Waals surface area contributed by atoms with Gasteiger partial charge >= 0.3 is 0 Å². The van der Waals surface area contributed by atoms with Crippen molar-refractivity contribution >= 4 is 0 Å². The molecule has 3 heteroatoms. The molecule has 0 aliphatic carbocycles. The van der Waals surface area contributed by atoms with Crippen molar-refractivity contribution in [3.8, 4) is 0 Å². The third kappa shape index (κ3) is 3.94. The Bertz CT molecular complexity index is 537. The van der Waals surface area contributed by atoms with Crippen LogP contribution in [0.25, 0.3) is 0 Å². The van der Waals surface area contributed by atoms with Crippen LogP contribution in [0.5, 0.6) is 0 Å². The minimum Gasteiger partial charge on any atom is -0.308 e. The molecule has 2 aromatic rings. The third-order valence-electron chi connectivity index (χ3n) is 3.45. The van der Waals surface area contributed by atoms with Gasteiger partial charge in [-0.15, -0.1) is 0 Å². The normalized spacial score (nSPS) is 12.6. The quantitative estimate of drug-likeness (QED) is 0.873. The van der Waals surface area contributed by atoms with Gasteiger partial charge in [0, 0.05) is 13.2 Å². The summed E-state index contributed by atoms with van der Waals surface area (Å²) in [4.78, 5) is 0. The van der Waals surface area contributed by atoms with E-state index in [0.29, 0.717) is 0 Å². The molecule has 1 aromatic carbocycles. The minimum absolute atomic E-state index is 0.289. The van der Waals surface area contributed by atoms with Crippen LogP contribution < -0.4 is 5.32 Å². The number of aryl methyl sites for hydroxylation is 3. The van der Waals surface area contributed by atoms with Gasteiger partial charge in [0.25, 0.3) is 0 Å². The van der Waals surface area contributed by atoms with Gasteiger partial charge in [-0.1, -0.05) is 36.2 Å². The van der Waals surface area contributed by atoms with Crippen LogP contribution in [0.1, 0.15) is 41.8 Å². The lowest BCUT2D eigenvalue weighted by molar-refractivity contribution is 0.510. The number of rotatable bonds is 6. The highest BCUT2D eigenvalue weighted by atomic mass is 15.3. The molecule has 20 heavy (non-hydrogen) atoms. The maximum absolute atomic E-state index is 4.56. The zero-order chi connectivity index (χ0) is 14.5. The van der Waals surface area contributed by atoms with Crippen molar-refractivity contribution in [1.29, 1.82) is 0 Å². The van der Waals surface area contributed by atoms with Gasteiger partial charge in [0.1, 0.15) is 0 Å². The largest absolute Gasteiger partial charge is 0.308 e. The summed E-state index contributed by atoms with van der Waals surface area (Å²) in [5.41, 5.74) is 5.16. The lowest BCUT2D eigenvalue weighted by Crippen LogP contribution is -2.24. The highest BCUT2D eigenvalue weighted by Gasteiger charge is 2.14. The Morgan fingerprint density at radius 3 is 2.45 bits per heavy atom. The maximum atomic E-state index is 4.56. The summed E-state index contributed by atoms with van der Waals surface area (Å²) in [5, 5.41) is 8.17. The van der Waals surface area contributed by atoms with Crippen molar-refractivity contribution in [3.63, 3.8) is 0 Å². The first-order chi connectivity index (χ1) is 9.58. The van der Waals surface area contributed by atoms with Crippen LogP contribution in [-0.2, 0) is 13.5 Å². The summed E-state index contributed by atoms with van der Waals surface area (Å²) in [7, 11) is 1.97. The molecular weight excluding hydrogens is 246 g/mol. The SMILES string of the molecule is CCCNC(Cc1cc(C)cc(C)c1)c1ccn(C)n1. The topological polar surface area (TPSA) is 29.9 Å². The van der Waals surface area contributed by atoms with Crippen LogP contribution in [-0.4, -0.2) is 16.3 Å². The van der Waals surface area contributed by atoms with Gasteiger partial charge in [-0.3, -0.25) is 4.68 Å². The fourth-order valence-electron chi connectivity index (χ4n) is 2.64. The summed E-state index contributed by atoms with van der Waals surface area (Å²) in [6.45, 7) is 7.53. The average molecular weight is 271 g/mol. The fraction of sp³-hybridized carbons (Fsp3) is 0.471. The van der Waals surface area contributed by atoms with Crippen LogP contribution in [0, 0.1) is 13.8 Å². The van der Waals surface area contributed by atoms with Crippen LogP contribution in [0.3, 0.4) is 0 Å². The smallest absolute Gasteiger partial charge is 0.0797 e. The van der Waals surface area contributed by atoms with Gasteiger partial charge in [-0.2, -0.15) is 5.10 Å². The van der Waals surface area contributed by atoms with Crippen LogP contribution >= 0.6 is 0 Å². The second kappa shape index (κ2) is 6.71. The molecule has 0 bridgehead atoms. The molecule has 0 spiro atoms. The molecule has 0 aliphatic rings. The van der Waals surface area contributed by atoms with Crippen LogP contribution in [0.2, 0.25) is 0 Å². The Kier molecular flexibility index (Phi) is 4.96. The molecule has 0 aliphatic heterocycles. The average Bonchev–Trinajstić information content (AvgIpc) is 2.80. The van der Waals surface area contributed by atoms with Crippen molar-refractivity contribution in [2.24, 2.45) is 7.05 Å². The molecule has 108 valence electrons. The Morgan fingerprint density at radius 1 is 1.20 bits per heavy atom. The molecule has 3 nitrogen and oxygen atoms in total. The van der Waals surface area contributed by atoms with Gasteiger partial charge in [0.15, 0.2) is 0 Å². The van der Waals surface area contributed by atoms with Gasteiger partial charge in [0.2, 0.25) is 0 Å². The number of nitrogens with zero attached hydrogens (tertiary/aromatic N) is 2. The van der Waals surface area contributed by atoms with E-state index in [1.165, 1.54) is 16.7 Å². The number of hydrogen-bond donors (Lipinski definition) is 1. The first kappa shape index (κ1) is 14.8. The summed E-state index contributed by atoms with van der Waals surface area (Å²) in [6.07, 6.45) is 4.13. The molecule has 0 fully saturated rings. The molecule has 1 heterocycles. The van der Waals surface area contributed by atoms with Crippen molar-refractivity contribution in [2.75, 3.05) is 6.54 Å². The second-order valence-electron chi connectivity index (χ2n) is 5.62. The highest BCUT2D eigenvalue weighted by molar-refractivity contribution is 5.29. The Balaban J connectivity index is 2.18. The molecule has 1 atom stereocenters.